The van der Waals surface area contributed by atoms with Crippen molar-refractivity contribution in [1.82, 2.24) is 9.97 Å². The van der Waals surface area contributed by atoms with Gasteiger partial charge in [0.2, 0.25) is 11.2 Å². The van der Waals surface area contributed by atoms with Crippen LogP contribution in [0.3, 0.4) is 0 Å². The zero-order valence-corrected chi connectivity index (χ0v) is 9.47. The van der Waals surface area contributed by atoms with Crippen LogP contribution in [0.25, 0.3) is 10.2 Å². The first-order valence-corrected chi connectivity index (χ1v) is 5.50. The molecule has 0 N–H and O–H groups in total. The smallest absolute Gasteiger partial charge is 0.227 e. The van der Waals surface area contributed by atoms with Crippen LogP contribution >= 0.6 is 22.9 Å². The minimum absolute atomic E-state index is 0.171. The Labute approximate surface area is 96.1 Å². The molecule has 0 radical (unpaired) electrons. The standard InChI is InChI=1S/C10H7ClN2OS/c1-3-6(2)14-8-7-4-5-15-9(7)13-10(11)12-8/h1,4-6H,2H3. The summed E-state index contributed by atoms with van der Waals surface area (Å²) in [6.45, 7) is 1.77. The van der Waals surface area contributed by atoms with Gasteiger partial charge in [-0.05, 0) is 30.0 Å². The van der Waals surface area contributed by atoms with Crippen molar-refractivity contribution in [2.75, 3.05) is 0 Å². The summed E-state index contributed by atoms with van der Waals surface area (Å²) in [4.78, 5) is 8.88. The molecule has 0 spiro atoms. The number of terminal acetylenes is 1. The first-order valence-electron chi connectivity index (χ1n) is 4.24. The summed E-state index contributed by atoms with van der Waals surface area (Å²) in [5.41, 5.74) is 0. The van der Waals surface area contributed by atoms with Crippen molar-refractivity contribution < 1.29 is 4.74 Å². The van der Waals surface area contributed by atoms with Crippen LogP contribution in [0.4, 0.5) is 0 Å². The Bertz CT molecular complexity index is 532. The zero-order valence-electron chi connectivity index (χ0n) is 7.90. The van der Waals surface area contributed by atoms with Crippen molar-refractivity contribution in [3.63, 3.8) is 0 Å². The SMILES string of the molecule is C#CC(C)Oc1nc(Cl)nc2sccc12. The van der Waals surface area contributed by atoms with E-state index in [-0.39, 0.29) is 11.4 Å². The molecule has 0 fully saturated rings. The number of rotatable bonds is 2. The van der Waals surface area contributed by atoms with Crippen LogP contribution in [0, 0.1) is 12.3 Å². The maximum absolute atomic E-state index is 5.76. The van der Waals surface area contributed by atoms with Gasteiger partial charge in [0.05, 0.1) is 5.39 Å². The van der Waals surface area contributed by atoms with Gasteiger partial charge in [-0.1, -0.05) is 5.92 Å². The average Bonchev–Trinajstić information content (AvgIpc) is 2.65. The number of nitrogens with zero attached hydrogens (tertiary/aromatic N) is 2. The second-order valence-corrected chi connectivity index (χ2v) is 4.10. The van der Waals surface area contributed by atoms with Crippen LogP contribution in [-0.2, 0) is 0 Å². The monoisotopic (exact) mass is 238 g/mol. The first kappa shape index (κ1) is 10.2. The van der Waals surface area contributed by atoms with Crippen LogP contribution in [0.2, 0.25) is 5.28 Å². The summed E-state index contributed by atoms with van der Waals surface area (Å²) >= 11 is 7.24. The minimum Gasteiger partial charge on any atom is -0.461 e. The molecule has 0 aliphatic carbocycles. The summed E-state index contributed by atoms with van der Waals surface area (Å²) in [5.74, 6) is 2.91. The number of thiophene rings is 1. The van der Waals surface area contributed by atoms with Crippen molar-refractivity contribution in [2.24, 2.45) is 0 Å². The van der Waals surface area contributed by atoms with E-state index in [1.54, 1.807) is 6.92 Å². The van der Waals surface area contributed by atoms with Crippen LogP contribution in [0.15, 0.2) is 11.4 Å². The highest BCUT2D eigenvalue weighted by atomic mass is 35.5. The van der Waals surface area contributed by atoms with Crippen LogP contribution in [0.5, 0.6) is 5.88 Å². The molecule has 1 unspecified atom stereocenters. The molecule has 15 heavy (non-hydrogen) atoms. The Morgan fingerprint density at radius 1 is 1.60 bits per heavy atom. The maximum Gasteiger partial charge on any atom is 0.227 e. The third-order valence-corrected chi connectivity index (χ3v) is 2.76. The van der Waals surface area contributed by atoms with Crippen LogP contribution < -0.4 is 4.74 Å². The largest absolute Gasteiger partial charge is 0.461 e. The number of aromatic nitrogens is 2. The molecule has 0 bridgehead atoms. The van der Waals surface area contributed by atoms with E-state index < -0.39 is 0 Å². The highest BCUT2D eigenvalue weighted by Gasteiger charge is 2.10. The Morgan fingerprint density at radius 2 is 2.40 bits per heavy atom. The number of fused-ring (bicyclic) bond motifs is 1. The molecule has 0 amide bonds. The third kappa shape index (κ3) is 2.04. The lowest BCUT2D eigenvalue weighted by molar-refractivity contribution is 0.271. The van der Waals surface area contributed by atoms with Gasteiger partial charge >= 0.3 is 0 Å². The third-order valence-electron chi connectivity index (χ3n) is 1.79. The predicted molar refractivity (Wildman–Crippen MR) is 61.3 cm³/mol. The highest BCUT2D eigenvalue weighted by molar-refractivity contribution is 7.16. The molecule has 2 heterocycles. The number of halogens is 1. The van der Waals surface area contributed by atoms with Crippen LogP contribution in [-0.4, -0.2) is 16.1 Å². The Hall–Kier alpha value is -1.31. The van der Waals surface area contributed by atoms with Crippen molar-refractivity contribution in [3.05, 3.63) is 16.7 Å². The van der Waals surface area contributed by atoms with Crippen molar-refractivity contribution in [1.29, 1.82) is 0 Å². The molecular weight excluding hydrogens is 232 g/mol. The van der Waals surface area contributed by atoms with E-state index in [1.165, 1.54) is 11.3 Å². The molecule has 1 atom stereocenters. The lowest BCUT2D eigenvalue weighted by Crippen LogP contribution is -2.09. The van der Waals surface area contributed by atoms with E-state index in [2.05, 4.69) is 15.9 Å². The molecule has 5 heteroatoms. The molecule has 3 nitrogen and oxygen atoms in total. The second kappa shape index (κ2) is 4.05. The van der Waals surface area contributed by atoms with E-state index in [0.717, 1.165) is 10.2 Å². The quantitative estimate of drug-likeness (QED) is 0.596. The number of ether oxygens (including phenoxy) is 1. The zero-order chi connectivity index (χ0) is 10.8. The molecular formula is C10H7ClN2OS. The maximum atomic E-state index is 5.76. The first-order chi connectivity index (χ1) is 7.20. The lowest BCUT2D eigenvalue weighted by Gasteiger charge is -2.08. The van der Waals surface area contributed by atoms with Gasteiger partial charge in [-0.3, -0.25) is 0 Å². The molecule has 0 aliphatic rings. The molecule has 0 aromatic carbocycles. The summed E-state index contributed by atoms with van der Waals surface area (Å²) in [7, 11) is 0. The van der Waals surface area contributed by atoms with E-state index in [0.29, 0.717) is 5.88 Å². The van der Waals surface area contributed by atoms with Gasteiger partial charge < -0.3 is 4.74 Å². The van der Waals surface area contributed by atoms with Gasteiger partial charge in [0.15, 0.2) is 6.10 Å². The lowest BCUT2D eigenvalue weighted by atomic mass is 10.4. The fraction of sp³-hybridized carbons (Fsp3) is 0.200. The van der Waals surface area contributed by atoms with Crippen molar-refractivity contribution >= 4 is 33.2 Å². The molecule has 2 rings (SSSR count). The van der Waals surface area contributed by atoms with Gasteiger partial charge in [0.1, 0.15) is 4.83 Å². The normalized spacial score (nSPS) is 12.3. The van der Waals surface area contributed by atoms with E-state index >= 15 is 0 Å². The second-order valence-electron chi connectivity index (χ2n) is 2.86. The van der Waals surface area contributed by atoms with Crippen LogP contribution in [0.1, 0.15) is 6.92 Å². The Balaban J connectivity index is 2.49. The summed E-state index contributed by atoms with van der Waals surface area (Å²) in [5, 5.41) is 2.92. The van der Waals surface area contributed by atoms with Gasteiger partial charge in [-0.2, -0.15) is 4.98 Å². The minimum atomic E-state index is -0.334. The molecule has 2 aromatic heterocycles. The van der Waals surface area contributed by atoms with E-state index in [4.69, 9.17) is 22.8 Å². The topological polar surface area (TPSA) is 35.0 Å². The van der Waals surface area contributed by atoms with E-state index in [9.17, 15) is 0 Å². The Kier molecular flexibility index (Phi) is 2.76. The average molecular weight is 239 g/mol. The van der Waals surface area contributed by atoms with Crippen molar-refractivity contribution in [3.8, 4) is 18.2 Å². The van der Waals surface area contributed by atoms with Crippen molar-refractivity contribution in [2.45, 2.75) is 13.0 Å². The fourth-order valence-corrected chi connectivity index (χ4v) is 2.06. The van der Waals surface area contributed by atoms with Gasteiger partial charge in [0.25, 0.3) is 0 Å². The van der Waals surface area contributed by atoms with Gasteiger partial charge in [-0.15, -0.1) is 17.8 Å². The molecule has 0 saturated carbocycles. The van der Waals surface area contributed by atoms with E-state index in [1.807, 2.05) is 11.4 Å². The summed E-state index contributed by atoms with van der Waals surface area (Å²) in [6, 6.07) is 1.88. The fourth-order valence-electron chi connectivity index (χ4n) is 1.09. The molecule has 0 aliphatic heterocycles. The molecule has 0 saturated heterocycles. The number of hydrogen-bond donors (Lipinski definition) is 0. The molecule has 76 valence electrons. The highest BCUT2D eigenvalue weighted by Crippen LogP contribution is 2.28. The molecule has 2 aromatic rings. The van der Waals surface area contributed by atoms with Gasteiger partial charge in [-0.25, -0.2) is 4.98 Å². The summed E-state index contributed by atoms with van der Waals surface area (Å²) < 4.78 is 5.45. The summed E-state index contributed by atoms with van der Waals surface area (Å²) in [6.07, 6.45) is 4.89. The van der Waals surface area contributed by atoms with Gasteiger partial charge in [0, 0.05) is 0 Å². The number of hydrogen-bond acceptors (Lipinski definition) is 4. The predicted octanol–water partition coefficient (Wildman–Crippen LogP) is 2.75. The Morgan fingerprint density at radius 3 is 3.13 bits per heavy atom.